The minimum atomic E-state index is -0.461. The first-order valence-corrected chi connectivity index (χ1v) is 12.1. The summed E-state index contributed by atoms with van der Waals surface area (Å²) in [5, 5.41) is 0.632. The van der Waals surface area contributed by atoms with Gasteiger partial charge in [0.05, 0.1) is 19.6 Å². The summed E-state index contributed by atoms with van der Waals surface area (Å²) in [6.07, 6.45) is 1.46. The Morgan fingerprint density at radius 2 is 1.70 bits per heavy atom. The molecular formula is C30H28O7. The van der Waals surface area contributed by atoms with Gasteiger partial charge < -0.3 is 23.4 Å². The molecule has 0 saturated carbocycles. The lowest BCUT2D eigenvalue weighted by atomic mass is 9.91. The van der Waals surface area contributed by atoms with Crippen molar-refractivity contribution < 1.29 is 28.2 Å². The Morgan fingerprint density at radius 3 is 2.43 bits per heavy atom. The van der Waals surface area contributed by atoms with Crippen LogP contribution >= 0.6 is 0 Å². The molecule has 0 radical (unpaired) electrons. The van der Waals surface area contributed by atoms with Gasteiger partial charge >= 0.3 is 5.63 Å². The molecule has 0 N–H and O–H groups in total. The molecule has 2 heterocycles. The number of carbonyl (C=O) groups is 1. The number of hydrogen-bond acceptors (Lipinski definition) is 7. The number of Topliss-reactive ketones (excluding diaryl/α,β-unsaturated/α-hetero) is 1. The number of rotatable bonds is 7. The summed E-state index contributed by atoms with van der Waals surface area (Å²) in [6, 6.07) is 17.8. The second kappa shape index (κ2) is 9.65. The van der Waals surface area contributed by atoms with Crippen LogP contribution in [0.4, 0.5) is 0 Å². The Morgan fingerprint density at radius 1 is 0.946 bits per heavy atom. The molecule has 0 bridgehead atoms. The van der Waals surface area contributed by atoms with Crippen LogP contribution in [0.3, 0.4) is 0 Å². The molecule has 0 spiro atoms. The van der Waals surface area contributed by atoms with Crippen molar-refractivity contribution >= 4 is 16.8 Å². The summed E-state index contributed by atoms with van der Waals surface area (Å²) in [5.74, 6) is 1.74. The highest BCUT2D eigenvalue weighted by molar-refractivity contribution is 6.01. The van der Waals surface area contributed by atoms with Crippen LogP contribution in [0.25, 0.3) is 22.1 Å². The third-order valence-corrected chi connectivity index (χ3v) is 6.55. The molecule has 5 rings (SSSR count). The topological polar surface area (TPSA) is 84.2 Å². The largest absolute Gasteiger partial charge is 0.493 e. The quantitative estimate of drug-likeness (QED) is 0.233. The molecule has 7 heteroatoms. The number of carbonyl (C=O) groups excluding carboxylic acids is 1. The summed E-state index contributed by atoms with van der Waals surface area (Å²) in [4.78, 5) is 25.7. The molecule has 3 aromatic carbocycles. The molecule has 1 aliphatic heterocycles. The highest BCUT2D eigenvalue weighted by Crippen LogP contribution is 2.44. The fourth-order valence-corrected chi connectivity index (χ4v) is 4.64. The second-order valence-corrected chi connectivity index (χ2v) is 9.54. The van der Waals surface area contributed by atoms with E-state index in [0.29, 0.717) is 51.5 Å². The lowest BCUT2D eigenvalue weighted by Crippen LogP contribution is -2.32. The zero-order valence-corrected chi connectivity index (χ0v) is 21.3. The smallest absolute Gasteiger partial charge is 0.336 e. The third-order valence-electron chi connectivity index (χ3n) is 6.55. The molecule has 0 fully saturated rings. The van der Waals surface area contributed by atoms with Crippen LogP contribution in [-0.4, -0.2) is 32.2 Å². The van der Waals surface area contributed by atoms with Crippen molar-refractivity contribution in [2.24, 2.45) is 0 Å². The summed E-state index contributed by atoms with van der Waals surface area (Å²) in [5.41, 5.74) is 2.34. The normalized spacial score (nSPS) is 13.9. The van der Waals surface area contributed by atoms with Gasteiger partial charge in [0.15, 0.2) is 23.9 Å². The van der Waals surface area contributed by atoms with Gasteiger partial charge in [0, 0.05) is 28.8 Å². The zero-order chi connectivity index (χ0) is 26.2. The minimum absolute atomic E-state index is 0.236. The van der Waals surface area contributed by atoms with Crippen LogP contribution in [-0.2, 0) is 6.42 Å². The summed E-state index contributed by atoms with van der Waals surface area (Å²) in [7, 11) is 3.05. The van der Waals surface area contributed by atoms with Crippen molar-refractivity contribution in [3.63, 3.8) is 0 Å². The Bertz CT molecular complexity index is 1530. The molecule has 1 aromatic heterocycles. The molecule has 37 heavy (non-hydrogen) atoms. The van der Waals surface area contributed by atoms with Gasteiger partial charge in [-0.1, -0.05) is 30.3 Å². The Kier molecular flexibility index (Phi) is 6.38. The lowest BCUT2D eigenvalue weighted by Gasteiger charge is -2.33. The van der Waals surface area contributed by atoms with Crippen molar-refractivity contribution in [2.75, 3.05) is 20.8 Å². The van der Waals surface area contributed by atoms with E-state index in [1.54, 1.807) is 24.3 Å². The average molecular weight is 501 g/mol. The molecule has 7 nitrogen and oxygen atoms in total. The van der Waals surface area contributed by atoms with Crippen LogP contribution in [0.5, 0.6) is 23.0 Å². The van der Waals surface area contributed by atoms with Gasteiger partial charge in [0.2, 0.25) is 0 Å². The first-order chi connectivity index (χ1) is 17.8. The van der Waals surface area contributed by atoms with Gasteiger partial charge in [-0.05, 0) is 50.5 Å². The Balaban J connectivity index is 1.61. The fraction of sp³-hybridized carbons (Fsp3) is 0.267. The molecule has 0 saturated heterocycles. The van der Waals surface area contributed by atoms with Crippen molar-refractivity contribution in [1.29, 1.82) is 0 Å². The fourth-order valence-electron chi connectivity index (χ4n) is 4.64. The van der Waals surface area contributed by atoms with E-state index in [0.717, 1.165) is 17.5 Å². The van der Waals surface area contributed by atoms with Gasteiger partial charge in [-0.15, -0.1) is 0 Å². The van der Waals surface area contributed by atoms with Crippen LogP contribution in [0, 0.1) is 0 Å². The number of methoxy groups -OCH3 is 2. The van der Waals surface area contributed by atoms with Crippen molar-refractivity contribution in [1.82, 2.24) is 0 Å². The zero-order valence-electron chi connectivity index (χ0n) is 21.3. The maximum atomic E-state index is 13.1. The van der Waals surface area contributed by atoms with E-state index in [1.165, 1.54) is 20.3 Å². The predicted molar refractivity (Wildman–Crippen MR) is 140 cm³/mol. The van der Waals surface area contributed by atoms with Crippen LogP contribution < -0.4 is 24.6 Å². The maximum Gasteiger partial charge on any atom is 0.336 e. The third kappa shape index (κ3) is 4.77. The minimum Gasteiger partial charge on any atom is -0.493 e. The number of aryl methyl sites for hydroxylation is 1. The van der Waals surface area contributed by atoms with Crippen molar-refractivity contribution in [3.05, 3.63) is 82.2 Å². The molecule has 190 valence electrons. The molecule has 1 aliphatic rings. The first-order valence-electron chi connectivity index (χ1n) is 12.1. The molecule has 0 unspecified atom stereocenters. The highest BCUT2D eigenvalue weighted by atomic mass is 16.5. The Labute approximate surface area is 214 Å². The van der Waals surface area contributed by atoms with Crippen LogP contribution in [0.1, 0.15) is 36.2 Å². The van der Waals surface area contributed by atoms with Gasteiger partial charge in [0.25, 0.3) is 0 Å². The number of ketones is 1. The first kappa shape index (κ1) is 24.4. The lowest BCUT2D eigenvalue weighted by molar-refractivity contribution is 0.0837. The number of ether oxygens (including phenoxy) is 4. The van der Waals surface area contributed by atoms with E-state index >= 15 is 0 Å². The monoisotopic (exact) mass is 500 g/mol. The maximum absolute atomic E-state index is 13.1. The van der Waals surface area contributed by atoms with Crippen molar-refractivity contribution in [3.8, 4) is 34.1 Å². The van der Waals surface area contributed by atoms with Gasteiger partial charge in [-0.3, -0.25) is 4.79 Å². The van der Waals surface area contributed by atoms with Crippen molar-refractivity contribution in [2.45, 2.75) is 32.3 Å². The number of benzene rings is 3. The average Bonchev–Trinajstić information content (AvgIpc) is 2.90. The van der Waals surface area contributed by atoms with Crippen LogP contribution in [0.2, 0.25) is 0 Å². The molecule has 0 aliphatic carbocycles. The molecule has 4 aromatic rings. The van der Waals surface area contributed by atoms with Gasteiger partial charge in [-0.25, -0.2) is 4.79 Å². The molecule has 0 amide bonds. The van der Waals surface area contributed by atoms with Gasteiger partial charge in [-0.2, -0.15) is 0 Å². The summed E-state index contributed by atoms with van der Waals surface area (Å²) in [6.45, 7) is 3.79. The van der Waals surface area contributed by atoms with E-state index in [9.17, 15) is 9.59 Å². The van der Waals surface area contributed by atoms with Crippen LogP contribution in [0.15, 0.2) is 69.9 Å². The van der Waals surface area contributed by atoms with E-state index in [1.807, 2.05) is 44.2 Å². The second-order valence-electron chi connectivity index (χ2n) is 9.54. The Hall–Kier alpha value is -4.26. The predicted octanol–water partition coefficient (Wildman–Crippen LogP) is 5.84. The molecular weight excluding hydrogens is 472 g/mol. The number of hydrogen-bond donors (Lipinski definition) is 0. The SMILES string of the molecule is COc1ccc(C(=O)COc2cc3c(c4oc(=O)cc(-c5ccccc5)c24)CCC(C)(C)O3)cc1OC. The van der Waals surface area contributed by atoms with E-state index in [4.69, 9.17) is 23.4 Å². The summed E-state index contributed by atoms with van der Waals surface area (Å²) < 4.78 is 28.7. The molecule has 0 atom stereocenters. The van der Waals surface area contributed by atoms with E-state index < -0.39 is 5.63 Å². The highest BCUT2D eigenvalue weighted by Gasteiger charge is 2.31. The van der Waals surface area contributed by atoms with E-state index in [-0.39, 0.29) is 18.0 Å². The number of fused-ring (bicyclic) bond motifs is 3. The summed E-state index contributed by atoms with van der Waals surface area (Å²) >= 11 is 0. The van der Waals surface area contributed by atoms with Gasteiger partial charge in [0.1, 0.15) is 22.7 Å². The van der Waals surface area contributed by atoms with E-state index in [2.05, 4.69) is 0 Å². The standard InChI is InChI=1S/C30H28O7/c1-30(2)13-12-20-24(37-30)16-26(35-17-22(31)19-10-11-23(33-3)25(14-19)34-4)28-21(15-27(32)36-29(20)28)18-8-6-5-7-9-18/h5-11,14-16H,12-13,17H2,1-4H3.